The number of ether oxygens (including phenoxy) is 1. The van der Waals surface area contributed by atoms with Crippen LogP contribution in [0.5, 0.6) is 0 Å². The van der Waals surface area contributed by atoms with Crippen LogP contribution >= 0.6 is 0 Å². The number of amides is 2. The van der Waals surface area contributed by atoms with Crippen molar-refractivity contribution in [3.63, 3.8) is 0 Å². The van der Waals surface area contributed by atoms with Gasteiger partial charge in [-0.05, 0) is 42.5 Å². The van der Waals surface area contributed by atoms with Gasteiger partial charge < -0.3 is 15.8 Å². The lowest BCUT2D eigenvalue weighted by molar-refractivity contribution is -0.121. The van der Waals surface area contributed by atoms with E-state index in [2.05, 4.69) is 29.6 Å². The Labute approximate surface area is 159 Å². The number of rotatable bonds is 6. The average molecular weight is 366 g/mol. The van der Waals surface area contributed by atoms with E-state index in [0.29, 0.717) is 6.42 Å². The molecule has 3 rings (SSSR count). The van der Waals surface area contributed by atoms with Gasteiger partial charge in [0.15, 0.2) is 0 Å². The van der Waals surface area contributed by atoms with Crippen molar-refractivity contribution in [2.75, 3.05) is 6.61 Å². The van der Waals surface area contributed by atoms with Gasteiger partial charge in [0.05, 0.1) is 0 Å². The first-order valence-corrected chi connectivity index (χ1v) is 9.21. The van der Waals surface area contributed by atoms with Crippen molar-refractivity contribution >= 4 is 12.0 Å². The number of carbonyl (C=O) groups excluding carboxylic acids is 2. The lowest BCUT2D eigenvalue weighted by Crippen LogP contribution is -2.46. The molecule has 0 saturated heterocycles. The maximum atomic E-state index is 12.3. The quantitative estimate of drug-likeness (QED) is 0.815. The molecular weight excluding hydrogens is 340 g/mol. The lowest BCUT2D eigenvalue weighted by Gasteiger charge is -2.28. The molecular formula is C22H26N2O3. The Bertz CT molecular complexity index is 815. The smallest absolute Gasteiger partial charge is 0.407 e. The Morgan fingerprint density at radius 2 is 1.59 bits per heavy atom. The van der Waals surface area contributed by atoms with E-state index in [-0.39, 0.29) is 24.3 Å². The van der Waals surface area contributed by atoms with E-state index in [1.807, 2.05) is 38.1 Å². The predicted octanol–water partition coefficient (Wildman–Crippen LogP) is 3.82. The molecule has 1 aliphatic rings. The zero-order valence-electron chi connectivity index (χ0n) is 16.0. The second kappa shape index (κ2) is 7.43. The number of hydrogen-bond donors (Lipinski definition) is 2. The number of fused-ring (bicyclic) bond motifs is 3. The molecule has 0 radical (unpaired) electrons. The highest BCUT2D eigenvalue weighted by Gasteiger charge is 2.30. The molecule has 0 saturated carbocycles. The molecule has 2 amide bonds. The summed E-state index contributed by atoms with van der Waals surface area (Å²) in [6, 6.07) is 16.4. The summed E-state index contributed by atoms with van der Waals surface area (Å²) >= 11 is 0. The van der Waals surface area contributed by atoms with Crippen LogP contribution in [-0.4, -0.2) is 24.1 Å². The van der Waals surface area contributed by atoms with Gasteiger partial charge in [-0.1, -0.05) is 55.5 Å². The fraction of sp³-hybridized carbons (Fsp3) is 0.364. The minimum atomic E-state index is -0.586. The molecule has 0 spiro atoms. The highest BCUT2D eigenvalue weighted by molar-refractivity contribution is 5.79. The largest absolute Gasteiger partial charge is 0.449 e. The first-order chi connectivity index (χ1) is 12.8. The Kier molecular flexibility index (Phi) is 5.22. The summed E-state index contributed by atoms with van der Waals surface area (Å²) in [5, 5.41) is 2.85. The van der Waals surface area contributed by atoms with Crippen LogP contribution in [0.2, 0.25) is 0 Å². The van der Waals surface area contributed by atoms with E-state index < -0.39 is 11.6 Å². The molecule has 0 fully saturated rings. The van der Waals surface area contributed by atoms with Gasteiger partial charge in [-0.25, -0.2) is 4.79 Å². The van der Waals surface area contributed by atoms with Crippen LogP contribution in [0.4, 0.5) is 4.79 Å². The van der Waals surface area contributed by atoms with Crippen LogP contribution in [-0.2, 0) is 9.53 Å². The van der Waals surface area contributed by atoms with E-state index in [1.54, 1.807) is 6.92 Å². The number of nitrogens with two attached hydrogens (primary N) is 1. The third-order valence-corrected chi connectivity index (χ3v) is 5.09. The number of primary amides is 1. The van der Waals surface area contributed by atoms with E-state index in [4.69, 9.17) is 10.5 Å². The summed E-state index contributed by atoms with van der Waals surface area (Å²) in [7, 11) is 0. The summed E-state index contributed by atoms with van der Waals surface area (Å²) in [5.74, 6) is -0.679. The molecule has 2 aromatic rings. The Balaban J connectivity index is 1.66. The molecule has 0 heterocycles. The lowest BCUT2D eigenvalue weighted by atomic mass is 9.91. The second-order valence-corrected chi connectivity index (χ2v) is 7.84. The molecule has 1 unspecified atom stereocenters. The van der Waals surface area contributed by atoms with Crippen molar-refractivity contribution in [2.24, 2.45) is 11.7 Å². The third kappa shape index (κ3) is 4.13. The second-order valence-electron chi connectivity index (χ2n) is 7.84. The van der Waals surface area contributed by atoms with Crippen LogP contribution in [0.15, 0.2) is 48.5 Å². The fourth-order valence-electron chi connectivity index (χ4n) is 3.83. The van der Waals surface area contributed by atoms with E-state index in [9.17, 15) is 9.59 Å². The molecule has 1 aliphatic carbocycles. The zero-order valence-corrected chi connectivity index (χ0v) is 16.0. The summed E-state index contributed by atoms with van der Waals surface area (Å²) in [5.41, 5.74) is 9.47. The van der Waals surface area contributed by atoms with Gasteiger partial charge in [0.25, 0.3) is 0 Å². The van der Waals surface area contributed by atoms with Gasteiger partial charge in [0, 0.05) is 17.4 Å². The summed E-state index contributed by atoms with van der Waals surface area (Å²) in [6.45, 7) is 5.73. The summed E-state index contributed by atoms with van der Waals surface area (Å²) in [4.78, 5) is 23.6. The van der Waals surface area contributed by atoms with E-state index in [1.165, 1.54) is 22.3 Å². The van der Waals surface area contributed by atoms with Gasteiger partial charge in [0.1, 0.15) is 6.61 Å². The fourth-order valence-corrected chi connectivity index (χ4v) is 3.83. The average Bonchev–Trinajstić information content (AvgIpc) is 2.93. The molecule has 142 valence electrons. The molecule has 27 heavy (non-hydrogen) atoms. The maximum Gasteiger partial charge on any atom is 0.407 e. The summed E-state index contributed by atoms with van der Waals surface area (Å²) < 4.78 is 5.55. The number of carbonyl (C=O) groups is 2. The van der Waals surface area contributed by atoms with Gasteiger partial charge in [-0.15, -0.1) is 0 Å². The monoisotopic (exact) mass is 366 g/mol. The molecule has 1 atom stereocenters. The number of hydrogen-bond acceptors (Lipinski definition) is 3. The Morgan fingerprint density at radius 3 is 2.11 bits per heavy atom. The van der Waals surface area contributed by atoms with Crippen molar-refractivity contribution in [3.8, 4) is 11.1 Å². The van der Waals surface area contributed by atoms with Gasteiger partial charge in [0.2, 0.25) is 5.91 Å². The van der Waals surface area contributed by atoms with Crippen LogP contribution in [0, 0.1) is 5.92 Å². The number of alkyl carbamates (subject to hydrolysis) is 1. The SMILES string of the molecule is CC(CC(C)(C)NC(=O)OCC1c2ccccc2-c2ccccc21)C(N)=O. The Hall–Kier alpha value is -2.82. The predicted molar refractivity (Wildman–Crippen MR) is 105 cm³/mol. The van der Waals surface area contributed by atoms with Crippen molar-refractivity contribution in [1.82, 2.24) is 5.32 Å². The first-order valence-electron chi connectivity index (χ1n) is 9.21. The molecule has 3 N–H and O–H groups in total. The van der Waals surface area contributed by atoms with Gasteiger partial charge >= 0.3 is 6.09 Å². The van der Waals surface area contributed by atoms with Crippen LogP contribution in [0.3, 0.4) is 0 Å². The topological polar surface area (TPSA) is 81.4 Å². The standard InChI is InChI=1S/C22H26N2O3/c1-14(20(23)25)12-22(2,3)24-21(26)27-13-19-17-10-6-4-8-15(17)16-9-5-7-11-18(16)19/h4-11,14,19H,12-13H2,1-3H3,(H2,23,25)(H,24,26). The molecule has 0 aliphatic heterocycles. The van der Waals surface area contributed by atoms with E-state index in [0.717, 1.165) is 0 Å². The molecule has 0 aromatic heterocycles. The normalized spacial score (nSPS) is 14.2. The summed E-state index contributed by atoms with van der Waals surface area (Å²) in [6.07, 6.45) is -0.0365. The third-order valence-electron chi connectivity index (χ3n) is 5.09. The van der Waals surface area contributed by atoms with Crippen molar-refractivity contribution < 1.29 is 14.3 Å². The minimum Gasteiger partial charge on any atom is -0.449 e. The highest BCUT2D eigenvalue weighted by atomic mass is 16.5. The zero-order chi connectivity index (χ0) is 19.6. The van der Waals surface area contributed by atoms with Crippen molar-refractivity contribution in [3.05, 3.63) is 59.7 Å². The molecule has 5 heteroatoms. The Morgan fingerprint density at radius 1 is 1.07 bits per heavy atom. The number of benzene rings is 2. The first kappa shape index (κ1) is 19.0. The van der Waals surface area contributed by atoms with Crippen molar-refractivity contribution in [1.29, 1.82) is 0 Å². The van der Waals surface area contributed by atoms with Crippen LogP contribution in [0.1, 0.15) is 44.2 Å². The van der Waals surface area contributed by atoms with Gasteiger partial charge in [-0.2, -0.15) is 0 Å². The molecule has 2 aromatic carbocycles. The van der Waals surface area contributed by atoms with Crippen molar-refractivity contribution in [2.45, 2.75) is 38.6 Å². The minimum absolute atomic E-state index is 0.0239. The molecule has 5 nitrogen and oxygen atoms in total. The number of nitrogens with one attached hydrogen (secondary N) is 1. The van der Waals surface area contributed by atoms with Crippen LogP contribution < -0.4 is 11.1 Å². The molecule has 0 bridgehead atoms. The van der Waals surface area contributed by atoms with Crippen LogP contribution in [0.25, 0.3) is 11.1 Å². The highest BCUT2D eigenvalue weighted by Crippen LogP contribution is 2.44. The maximum absolute atomic E-state index is 12.3. The van der Waals surface area contributed by atoms with E-state index >= 15 is 0 Å². The van der Waals surface area contributed by atoms with Gasteiger partial charge in [-0.3, -0.25) is 4.79 Å².